The molecule has 0 spiro atoms. The topological polar surface area (TPSA) is 118 Å². The molecule has 1 atom stereocenters. The zero-order chi connectivity index (χ0) is 50.9. The van der Waals surface area contributed by atoms with Crippen LogP contribution in [0.1, 0.15) is 111 Å². The van der Waals surface area contributed by atoms with Gasteiger partial charge in [-0.1, -0.05) is 12.2 Å². The maximum atomic E-state index is 13.9. The number of hydrogen-bond acceptors (Lipinski definition) is 8. The number of allylic oxidation sites excluding steroid dienone is 1. The summed E-state index contributed by atoms with van der Waals surface area (Å²) in [6.45, 7) is 10.2. The molecule has 370 valence electrons. The number of fused-ring (bicyclic) bond motifs is 1. The Bertz CT molecular complexity index is 1970. The average Bonchev–Trinajstić information content (AvgIpc) is 3.07. The van der Waals surface area contributed by atoms with Crippen LogP contribution in [0.4, 0.5) is 65.9 Å². The minimum atomic E-state index is -6.41. The highest BCUT2D eigenvalue weighted by Gasteiger charge is 2.72. The van der Waals surface area contributed by atoms with Crippen LogP contribution >= 0.6 is 0 Å². The first-order valence-corrected chi connectivity index (χ1v) is 19.0. The van der Waals surface area contributed by atoms with E-state index in [4.69, 9.17) is 18.9 Å². The maximum absolute atomic E-state index is 13.9. The molecule has 0 saturated carbocycles. The Balaban J connectivity index is 3.41. The number of hydrogen-bond donors (Lipinski definition) is 4. The van der Waals surface area contributed by atoms with Gasteiger partial charge in [-0.2, -0.15) is 65.9 Å². The molecular formula is C41H53F15O8. The van der Waals surface area contributed by atoms with E-state index in [9.17, 15) is 86.3 Å². The Morgan fingerprint density at radius 2 is 0.812 bits per heavy atom. The average molecular weight is 959 g/mol. The first kappa shape index (κ1) is 57.2. The van der Waals surface area contributed by atoms with Crippen LogP contribution in [0.2, 0.25) is 0 Å². The van der Waals surface area contributed by atoms with Crippen molar-refractivity contribution >= 4 is 16.3 Å². The first-order valence-electron chi connectivity index (χ1n) is 19.0. The second kappa shape index (κ2) is 17.3. The summed E-state index contributed by atoms with van der Waals surface area (Å²) < 4.78 is 230. The van der Waals surface area contributed by atoms with Crippen molar-refractivity contribution < 1.29 is 105 Å². The fraction of sp³-hybridized carbons (Fsp3) is 0.707. The van der Waals surface area contributed by atoms with Gasteiger partial charge in [0.15, 0.2) is 5.60 Å². The third kappa shape index (κ3) is 11.8. The largest absolute Gasteiger partial charge is 0.428 e. The zero-order valence-electron chi connectivity index (χ0n) is 36.9. The van der Waals surface area contributed by atoms with E-state index in [1.165, 1.54) is 54.5 Å². The number of alkyl halides is 15. The van der Waals surface area contributed by atoms with Gasteiger partial charge in [0, 0.05) is 0 Å². The van der Waals surface area contributed by atoms with Crippen LogP contribution in [0, 0.1) is 0 Å². The van der Waals surface area contributed by atoms with E-state index in [0.29, 0.717) is 6.92 Å². The Hall–Kier alpha value is -2.93. The molecule has 4 N–H and O–H groups in total. The van der Waals surface area contributed by atoms with Gasteiger partial charge >= 0.3 is 30.9 Å². The van der Waals surface area contributed by atoms with Crippen molar-refractivity contribution in [2.24, 2.45) is 0 Å². The van der Waals surface area contributed by atoms with Crippen molar-refractivity contribution in [2.75, 3.05) is 26.4 Å². The van der Waals surface area contributed by atoms with Gasteiger partial charge in [0.1, 0.15) is 0 Å². The van der Waals surface area contributed by atoms with E-state index in [2.05, 4.69) is 6.58 Å². The van der Waals surface area contributed by atoms with Crippen molar-refractivity contribution in [3.05, 3.63) is 52.6 Å². The van der Waals surface area contributed by atoms with Gasteiger partial charge in [0.2, 0.25) is 0 Å². The molecule has 0 amide bonds. The van der Waals surface area contributed by atoms with Crippen LogP contribution in [-0.4, -0.2) is 100 Å². The normalized spacial score (nSPS) is 16.1. The quantitative estimate of drug-likeness (QED) is 0.116. The number of aliphatic hydroxyl groups is 4. The van der Waals surface area contributed by atoms with Crippen LogP contribution in [0.25, 0.3) is 16.3 Å². The van der Waals surface area contributed by atoms with E-state index in [-0.39, 0.29) is 33.0 Å². The molecule has 2 aromatic carbocycles. The maximum Gasteiger partial charge on any atom is 0.428 e. The molecule has 0 aliphatic rings. The fourth-order valence-electron chi connectivity index (χ4n) is 6.18. The minimum absolute atomic E-state index is 0.0162. The lowest BCUT2D eigenvalue weighted by atomic mass is 9.75. The van der Waals surface area contributed by atoms with Crippen molar-refractivity contribution in [3.63, 3.8) is 0 Å². The highest BCUT2D eigenvalue weighted by molar-refractivity contribution is 5.96. The van der Waals surface area contributed by atoms with Crippen LogP contribution in [0.3, 0.4) is 0 Å². The summed E-state index contributed by atoms with van der Waals surface area (Å²) in [5.41, 5.74) is -25.9. The smallest absolute Gasteiger partial charge is 0.388 e. The molecular weight excluding hydrogens is 905 g/mol. The molecule has 0 aliphatic heterocycles. The van der Waals surface area contributed by atoms with Crippen molar-refractivity contribution in [2.45, 2.75) is 159 Å². The molecule has 23 heteroatoms. The van der Waals surface area contributed by atoms with Crippen LogP contribution in [0.15, 0.2) is 24.8 Å². The SMILES string of the molecule is C=C(C)c1c(C(C)(C)OCC(C)(C)O)cc2c(C(C)(C)OCC(O)(C(F)(F)F)C(F)(F)F)cc(C(C)(C)OCC(O)(C(F)(F)F)C(F)(F)F)cc2c1C(C)(C)OCC(C)(O)C(F)(F)F. The van der Waals surface area contributed by atoms with E-state index in [1.54, 1.807) is 0 Å². The summed E-state index contributed by atoms with van der Waals surface area (Å²) >= 11 is 0. The minimum Gasteiger partial charge on any atom is -0.388 e. The number of ether oxygens (including phenoxy) is 4. The summed E-state index contributed by atoms with van der Waals surface area (Å²) in [5, 5.41) is 40.2. The van der Waals surface area contributed by atoms with Crippen LogP contribution < -0.4 is 0 Å². The highest BCUT2D eigenvalue weighted by Crippen LogP contribution is 2.50. The molecule has 8 nitrogen and oxygen atoms in total. The molecule has 0 aliphatic carbocycles. The van der Waals surface area contributed by atoms with E-state index < -0.39 is 113 Å². The highest BCUT2D eigenvalue weighted by atomic mass is 19.4. The lowest BCUT2D eigenvalue weighted by molar-refractivity contribution is -0.383. The first-order chi connectivity index (χ1) is 27.8. The Morgan fingerprint density at radius 3 is 1.17 bits per heavy atom. The molecule has 0 heterocycles. The predicted molar refractivity (Wildman–Crippen MR) is 202 cm³/mol. The third-order valence-corrected chi connectivity index (χ3v) is 10.5. The molecule has 0 radical (unpaired) electrons. The molecule has 0 fully saturated rings. The number of halogens is 15. The van der Waals surface area contributed by atoms with E-state index in [1.807, 2.05) is 0 Å². The van der Waals surface area contributed by atoms with Crippen molar-refractivity contribution in [1.29, 1.82) is 0 Å². The van der Waals surface area contributed by atoms with Crippen LogP contribution in [-0.2, 0) is 41.4 Å². The molecule has 2 rings (SSSR count). The molecule has 64 heavy (non-hydrogen) atoms. The number of rotatable bonds is 17. The van der Waals surface area contributed by atoms with Gasteiger partial charge in [-0.05, 0) is 140 Å². The molecule has 0 aromatic heterocycles. The second-order valence-corrected chi connectivity index (χ2v) is 18.6. The van der Waals surface area contributed by atoms with Crippen molar-refractivity contribution in [3.8, 4) is 0 Å². The number of benzene rings is 2. The van der Waals surface area contributed by atoms with E-state index >= 15 is 0 Å². The Kier molecular flexibility index (Phi) is 15.5. The van der Waals surface area contributed by atoms with E-state index in [0.717, 1.165) is 39.8 Å². The Morgan fingerprint density at radius 1 is 0.453 bits per heavy atom. The van der Waals surface area contributed by atoms with Gasteiger partial charge in [-0.15, -0.1) is 0 Å². The standard InChI is InChI=1S/C41H53F15O8/c1-21(2)27-26(32(9,10)61-17-29(3,4)57)16-23-24(28(27)33(11,12)62-18-34(13,58)37(42,43)44)14-22(30(5,6)63-19-35(59,38(45,46)47)39(48,49)50)15-25(23)31(7,8)64-20-36(60,40(51,52)53)41(54,55)56/h14-16,57-60H,1,17-20H2,2-13H3. The lowest BCUT2D eigenvalue weighted by Crippen LogP contribution is -2.60. The molecule has 0 bridgehead atoms. The van der Waals surface area contributed by atoms with Crippen molar-refractivity contribution in [1.82, 2.24) is 0 Å². The molecule has 1 unspecified atom stereocenters. The summed E-state index contributed by atoms with van der Waals surface area (Å²) in [6, 6.07) is 3.16. The summed E-state index contributed by atoms with van der Waals surface area (Å²) in [4.78, 5) is 0. The zero-order valence-corrected chi connectivity index (χ0v) is 36.9. The lowest BCUT2D eigenvalue weighted by Gasteiger charge is -2.40. The van der Waals surface area contributed by atoms with Crippen LogP contribution in [0.5, 0.6) is 0 Å². The van der Waals surface area contributed by atoms with Gasteiger partial charge in [-0.3, -0.25) is 0 Å². The monoisotopic (exact) mass is 958 g/mol. The summed E-state index contributed by atoms with van der Waals surface area (Å²) in [5.74, 6) is 0. The predicted octanol–water partition coefficient (Wildman–Crippen LogP) is 10.7. The second-order valence-electron chi connectivity index (χ2n) is 18.6. The van der Waals surface area contributed by atoms with Gasteiger partial charge in [0.05, 0.1) is 54.4 Å². The third-order valence-electron chi connectivity index (χ3n) is 10.5. The van der Waals surface area contributed by atoms with Gasteiger partial charge in [-0.25, -0.2) is 0 Å². The molecule has 2 aromatic rings. The fourth-order valence-corrected chi connectivity index (χ4v) is 6.18. The van der Waals surface area contributed by atoms with Gasteiger partial charge < -0.3 is 39.4 Å². The summed E-state index contributed by atoms with van der Waals surface area (Å²) in [6.07, 6.45) is -30.9. The molecule has 0 saturated heterocycles. The summed E-state index contributed by atoms with van der Waals surface area (Å²) in [7, 11) is 0. The Labute approximate surface area is 359 Å². The van der Waals surface area contributed by atoms with Gasteiger partial charge in [0.25, 0.3) is 11.2 Å².